The monoisotopic (exact) mass is 413 g/mol. The molecule has 2 heterocycles. The van der Waals surface area contributed by atoms with Gasteiger partial charge >= 0.3 is 15.6 Å². The Morgan fingerprint density at radius 1 is 1.29 bits per heavy atom. The molecule has 0 N–H and O–H groups in total. The number of fused-ring (bicyclic) bond motifs is 1. The van der Waals surface area contributed by atoms with Crippen molar-refractivity contribution in [1.29, 1.82) is 5.26 Å². The first kappa shape index (κ1) is 20.4. The summed E-state index contributed by atoms with van der Waals surface area (Å²) in [6.07, 6.45) is 2.26. The van der Waals surface area contributed by atoms with E-state index in [9.17, 15) is 26.9 Å². The Morgan fingerprint density at radius 2 is 2.00 bits per heavy atom. The van der Waals surface area contributed by atoms with Crippen LogP contribution >= 0.6 is 0 Å². The maximum Gasteiger partial charge on any atom is 0.523 e. The minimum Gasteiger partial charge on any atom is -0.370 e. The third-order valence-electron chi connectivity index (χ3n) is 5.03. The minimum absolute atomic E-state index is 0.0224. The van der Waals surface area contributed by atoms with Crippen LogP contribution < -0.4 is 4.90 Å². The van der Waals surface area contributed by atoms with E-state index in [2.05, 4.69) is 15.2 Å². The molecule has 28 heavy (non-hydrogen) atoms. The van der Waals surface area contributed by atoms with Crippen molar-refractivity contribution in [2.24, 2.45) is 11.8 Å². The zero-order valence-electron chi connectivity index (χ0n) is 15.0. The smallest absolute Gasteiger partial charge is 0.370 e. The topological polar surface area (TPSA) is 83.3 Å². The molecule has 1 aromatic heterocycles. The molecular formula is C18H18F3N3O3S. The summed E-state index contributed by atoms with van der Waals surface area (Å²) in [5.74, 6) is -0.393. The first-order chi connectivity index (χ1) is 13.2. The second-order valence-corrected chi connectivity index (χ2v) is 8.27. The molecule has 3 rings (SSSR count). The highest BCUT2D eigenvalue weighted by Gasteiger charge is 2.48. The number of halogens is 3. The molecule has 10 heteroatoms. The zero-order valence-corrected chi connectivity index (χ0v) is 15.8. The van der Waals surface area contributed by atoms with Gasteiger partial charge in [0, 0.05) is 36.3 Å². The molecule has 0 spiro atoms. The van der Waals surface area contributed by atoms with Crippen LogP contribution in [0.4, 0.5) is 18.9 Å². The van der Waals surface area contributed by atoms with Crippen LogP contribution in [0.3, 0.4) is 0 Å². The maximum absolute atomic E-state index is 12.5. The number of hydrogen-bond donors (Lipinski definition) is 0. The Kier molecular flexibility index (Phi) is 5.50. The highest BCUT2D eigenvalue weighted by molar-refractivity contribution is 7.87. The van der Waals surface area contributed by atoms with E-state index in [0.717, 1.165) is 11.1 Å². The van der Waals surface area contributed by atoms with Crippen LogP contribution in [0.5, 0.6) is 0 Å². The van der Waals surface area contributed by atoms with E-state index in [1.165, 1.54) is 0 Å². The summed E-state index contributed by atoms with van der Waals surface area (Å²) in [5.41, 5.74) is -3.64. The van der Waals surface area contributed by atoms with Gasteiger partial charge in [-0.3, -0.25) is 9.17 Å². The summed E-state index contributed by atoms with van der Waals surface area (Å²) in [4.78, 5) is 6.24. The SMILES string of the molecule is CCC1CN(c2ccc(C#N)c3ncccc23)CC1COS(=O)(=O)C(F)(F)F. The van der Waals surface area contributed by atoms with Gasteiger partial charge in [0.2, 0.25) is 0 Å². The average Bonchev–Trinajstić information content (AvgIpc) is 3.07. The summed E-state index contributed by atoms with van der Waals surface area (Å²) in [5, 5.41) is 10.0. The fourth-order valence-corrected chi connectivity index (χ4v) is 4.04. The van der Waals surface area contributed by atoms with Crippen LogP contribution in [-0.4, -0.2) is 38.6 Å². The summed E-state index contributed by atoms with van der Waals surface area (Å²) in [6.45, 7) is 2.27. The Balaban J connectivity index is 1.85. The molecule has 0 saturated carbocycles. The number of pyridine rings is 1. The fourth-order valence-electron chi connectivity index (χ4n) is 3.55. The van der Waals surface area contributed by atoms with E-state index in [0.29, 0.717) is 30.6 Å². The van der Waals surface area contributed by atoms with Crippen molar-refractivity contribution in [3.63, 3.8) is 0 Å². The van der Waals surface area contributed by atoms with Gasteiger partial charge in [-0.25, -0.2) is 0 Å². The summed E-state index contributed by atoms with van der Waals surface area (Å²) in [7, 11) is -5.61. The summed E-state index contributed by atoms with van der Waals surface area (Å²) < 4.78 is 64.2. The quantitative estimate of drug-likeness (QED) is 0.552. The van der Waals surface area contributed by atoms with Gasteiger partial charge in [-0.05, 0) is 30.2 Å². The lowest BCUT2D eigenvalue weighted by atomic mass is 9.95. The van der Waals surface area contributed by atoms with Gasteiger partial charge in [0.1, 0.15) is 6.07 Å². The highest BCUT2D eigenvalue weighted by Crippen LogP contribution is 2.36. The molecule has 6 nitrogen and oxygen atoms in total. The first-order valence-electron chi connectivity index (χ1n) is 8.66. The molecule has 2 atom stereocenters. The van der Waals surface area contributed by atoms with E-state index in [1.807, 2.05) is 17.9 Å². The third-order valence-corrected chi connectivity index (χ3v) is 6.04. The Bertz CT molecular complexity index is 1020. The van der Waals surface area contributed by atoms with Gasteiger partial charge in [-0.1, -0.05) is 13.3 Å². The van der Waals surface area contributed by atoms with Gasteiger partial charge in [0.15, 0.2) is 0 Å². The van der Waals surface area contributed by atoms with E-state index < -0.39 is 22.2 Å². The number of hydrogen-bond acceptors (Lipinski definition) is 6. The molecule has 0 amide bonds. The molecule has 1 aliphatic heterocycles. The van der Waals surface area contributed by atoms with Crippen molar-refractivity contribution in [1.82, 2.24) is 4.98 Å². The number of anilines is 1. The molecule has 150 valence electrons. The van der Waals surface area contributed by atoms with Crippen LogP contribution in [0, 0.1) is 23.2 Å². The van der Waals surface area contributed by atoms with Crippen molar-refractivity contribution in [2.45, 2.75) is 18.9 Å². The molecule has 1 aliphatic rings. The number of alkyl halides is 3. The van der Waals surface area contributed by atoms with E-state index in [-0.39, 0.29) is 11.8 Å². The predicted octanol–water partition coefficient (Wildman–Crippen LogP) is 3.44. The van der Waals surface area contributed by atoms with Gasteiger partial charge in [-0.15, -0.1) is 0 Å². The predicted molar refractivity (Wildman–Crippen MR) is 96.9 cm³/mol. The Morgan fingerprint density at radius 3 is 2.64 bits per heavy atom. The van der Waals surface area contributed by atoms with Crippen LogP contribution in [0.2, 0.25) is 0 Å². The van der Waals surface area contributed by atoms with Crippen LogP contribution in [-0.2, 0) is 14.3 Å². The molecule has 1 fully saturated rings. The highest BCUT2D eigenvalue weighted by atomic mass is 32.2. The standard InChI is InChI=1S/C18H18F3N3O3S/c1-2-12-9-24(10-14(12)11-27-28(25,26)18(19,20)21)16-6-5-13(8-22)17-15(16)4-3-7-23-17/h3-7,12,14H,2,9-11H2,1H3. The van der Waals surface area contributed by atoms with Crippen molar-refractivity contribution in [2.75, 3.05) is 24.6 Å². The maximum atomic E-state index is 12.5. The van der Waals surface area contributed by atoms with Crippen molar-refractivity contribution >= 4 is 26.7 Å². The average molecular weight is 413 g/mol. The van der Waals surface area contributed by atoms with E-state index in [4.69, 9.17) is 0 Å². The lowest BCUT2D eigenvalue weighted by molar-refractivity contribution is -0.0552. The second kappa shape index (κ2) is 7.56. The lowest BCUT2D eigenvalue weighted by Gasteiger charge is -2.21. The Labute approximate surface area is 160 Å². The fraction of sp³-hybridized carbons (Fsp3) is 0.444. The Hall–Kier alpha value is -2.38. The van der Waals surface area contributed by atoms with Gasteiger partial charge < -0.3 is 4.90 Å². The summed E-state index contributed by atoms with van der Waals surface area (Å²) in [6, 6.07) is 9.11. The largest absolute Gasteiger partial charge is 0.523 e. The third kappa shape index (κ3) is 3.77. The second-order valence-electron chi connectivity index (χ2n) is 6.66. The van der Waals surface area contributed by atoms with Crippen molar-refractivity contribution < 1.29 is 25.8 Å². The van der Waals surface area contributed by atoms with Gasteiger partial charge in [-0.2, -0.15) is 26.9 Å². The van der Waals surface area contributed by atoms with E-state index >= 15 is 0 Å². The molecule has 2 aromatic rings. The van der Waals surface area contributed by atoms with Crippen molar-refractivity contribution in [3.8, 4) is 6.07 Å². The van der Waals surface area contributed by atoms with Crippen LogP contribution in [0.25, 0.3) is 10.9 Å². The molecule has 0 radical (unpaired) electrons. The molecule has 0 bridgehead atoms. The first-order valence-corrected chi connectivity index (χ1v) is 10.1. The van der Waals surface area contributed by atoms with Gasteiger partial charge in [0.25, 0.3) is 0 Å². The normalized spacial score (nSPS) is 20.5. The number of nitriles is 1. The molecular weight excluding hydrogens is 395 g/mol. The van der Waals surface area contributed by atoms with E-state index in [1.54, 1.807) is 24.4 Å². The molecule has 2 unspecified atom stereocenters. The number of aromatic nitrogens is 1. The molecule has 1 saturated heterocycles. The van der Waals surface area contributed by atoms with Crippen LogP contribution in [0.1, 0.15) is 18.9 Å². The zero-order chi connectivity index (χ0) is 20.5. The minimum atomic E-state index is -5.61. The molecule has 1 aromatic carbocycles. The number of rotatable bonds is 5. The van der Waals surface area contributed by atoms with Crippen molar-refractivity contribution in [3.05, 3.63) is 36.0 Å². The molecule has 0 aliphatic carbocycles. The van der Waals surface area contributed by atoms with Gasteiger partial charge in [0.05, 0.1) is 17.7 Å². The summed E-state index contributed by atoms with van der Waals surface area (Å²) >= 11 is 0. The van der Waals surface area contributed by atoms with Crippen LogP contribution in [0.15, 0.2) is 30.5 Å². The number of nitrogens with zero attached hydrogens (tertiary/aromatic N) is 3. The lowest BCUT2D eigenvalue weighted by Crippen LogP contribution is -2.29. The number of benzene rings is 1.